The molecule has 1 amide bonds. The molecule has 1 aromatic carbocycles. The molecule has 2 aromatic rings. The standard InChI is InChI=1S/C21H26N2O4/c1-13-10-23(11-14(2)27-13)20(24)12-26-21(25)15-7-8-19-17(9-15)16-5-3-4-6-18(16)22-19/h7-9,13-14,22H,3-6,10-12H2,1-2H3/t13-,14-/m1/s1. The SMILES string of the molecule is C[C@@H]1CN(C(=O)COC(=O)c2ccc3[nH]c4c(c3c2)CCCC4)C[C@@H](C)O1. The number of carbonyl (C=O) groups excluding carboxylic acids is 2. The van der Waals surface area contributed by atoms with Gasteiger partial charge in [-0.3, -0.25) is 4.79 Å². The third-order valence-corrected chi connectivity index (χ3v) is 5.43. The van der Waals surface area contributed by atoms with E-state index in [-0.39, 0.29) is 24.7 Å². The molecule has 6 heteroatoms. The summed E-state index contributed by atoms with van der Waals surface area (Å²) in [5.41, 5.74) is 4.16. The van der Waals surface area contributed by atoms with Crippen LogP contribution < -0.4 is 0 Å². The van der Waals surface area contributed by atoms with Gasteiger partial charge in [0.2, 0.25) is 0 Å². The number of hydrogen-bond donors (Lipinski definition) is 1. The molecule has 0 radical (unpaired) electrons. The van der Waals surface area contributed by atoms with Gasteiger partial charge in [-0.25, -0.2) is 4.79 Å². The number of esters is 1. The van der Waals surface area contributed by atoms with Crippen LogP contribution in [0.5, 0.6) is 0 Å². The first kappa shape index (κ1) is 18.0. The van der Waals surface area contributed by atoms with E-state index >= 15 is 0 Å². The minimum atomic E-state index is -0.453. The first-order valence-electron chi connectivity index (χ1n) is 9.75. The maximum Gasteiger partial charge on any atom is 0.338 e. The van der Waals surface area contributed by atoms with Gasteiger partial charge in [0.25, 0.3) is 5.91 Å². The second kappa shape index (κ2) is 7.35. The van der Waals surface area contributed by atoms with Gasteiger partial charge in [0.1, 0.15) is 0 Å². The van der Waals surface area contributed by atoms with Crippen molar-refractivity contribution in [1.82, 2.24) is 9.88 Å². The van der Waals surface area contributed by atoms with Gasteiger partial charge in [0.05, 0.1) is 17.8 Å². The van der Waals surface area contributed by atoms with E-state index in [0.717, 1.165) is 23.7 Å². The minimum absolute atomic E-state index is 0.00410. The molecule has 27 heavy (non-hydrogen) atoms. The van der Waals surface area contributed by atoms with Crippen molar-refractivity contribution in [2.24, 2.45) is 0 Å². The number of nitrogens with zero attached hydrogens (tertiary/aromatic N) is 1. The Morgan fingerprint density at radius 3 is 2.70 bits per heavy atom. The van der Waals surface area contributed by atoms with Crippen LogP contribution in [0.3, 0.4) is 0 Å². The largest absolute Gasteiger partial charge is 0.452 e. The number of nitrogens with one attached hydrogen (secondary N) is 1. The third kappa shape index (κ3) is 3.72. The first-order valence-corrected chi connectivity index (χ1v) is 9.75. The topological polar surface area (TPSA) is 71.6 Å². The number of aromatic nitrogens is 1. The number of aryl methyl sites for hydroxylation is 2. The Morgan fingerprint density at radius 2 is 1.93 bits per heavy atom. The van der Waals surface area contributed by atoms with Crippen LogP contribution >= 0.6 is 0 Å². The number of fused-ring (bicyclic) bond motifs is 3. The summed E-state index contributed by atoms with van der Waals surface area (Å²) in [6.45, 7) is 4.70. The molecular weight excluding hydrogens is 344 g/mol. The summed E-state index contributed by atoms with van der Waals surface area (Å²) in [6, 6.07) is 5.58. The van der Waals surface area contributed by atoms with E-state index in [0.29, 0.717) is 18.7 Å². The number of benzene rings is 1. The molecule has 0 unspecified atom stereocenters. The maximum atomic E-state index is 12.5. The van der Waals surface area contributed by atoms with Gasteiger partial charge in [-0.15, -0.1) is 0 Å². The highest BCUT2D eigenvalue weighted by molar-refractivity contribution is 5.97. The summed E-state index contributed by atoms with van der Waals surface area (Å²) in [4.78, 5) is 30.0. The summed E-state index contributed by atoms with van der Waals surface area (Å²) in [5.74, 6) is -0.629. The van der Waals surface area contributed by atoms with Gasteiger partial charge in [0, 0.05) is 29.7 Å². The van der Waals surface area contributed by atoms with Crippen molar-refractivity contribution in [2.45, 2.75) is 51.7 Å². The zero-order chi connectivity index (χ0) is 19.0. The van der Waals surface area contributed by atoms with Gasteiger partial charge in [-0.05, 0) is 63.3 Å². The van der Waals surface area contributed by atoms with Gasteiger partial charge < -0.3 is 19.4 Å². The molecule has 0 spiro atoms. The van der Waals surface area contributed by atoms with Gasteiger partial charge >= 0.3 is 5.97 Å². The molecule has 0 bridgehead atoms. The van der Waals surface area contributed by atoms with Crippen molar-refractivity contribution in [2.75, 3.05) is 19.7 Å². The van der Waals surface area contributed by atoms with E-state index < -0.39 is 5.97 Å². The monoisotopic (exact) mass is 370 g/mol. The smallest absolute Gasteiger partial charge is 0.338 e. The van der Waals surface area contributed by atoms with Crippen molar-refractivity contribution >= 4 is 22.8 Å². The Hall–Kier alpha value is -2.34. The second-order valence-electron chi connectivity index (χ2n) is 7.68. The Morgan fingerprint density at radius 1 is 1.19 bits per heavy atom. The van der Waals surface area contributed by atoms with Crippen molar-refractivity contribution in [3.63, 3.8) is 0 Å². The van der Waals surface area contributed by atoms with Crippen molar-refractivity contribution in [3.05, 3.63) is 35.0 Å². The predicted molar refractivity (Wildman–Crippen MR) is 102 cm³/mol. The summed E-state index contributed by atoms with van der Waals surface area (Å²) in [6.07, 6.45) is 4.48. The number of rotatable bonds is 3. The van der Waals surface area contributed by atoms with Gasteiger partial charge in [-0.1, -0.05) is 0 Å². The number of aromatic amines is 1. The van der Waals surface area contributed by atoms with Crippen LogP contribution in [0.25, 0.3) is 10.9 Å². The predicted octanol–water partition coefficient (Wildman–Crippen LogP) is 2.84. The third-order valence-electron chi connectivity index (χ3n) is 5.43. The number of hydrogen-bond acceptors (Lipinski definition) is 4. The van der Waals surface area contributed by atoms with Crippen molar-refractivity contribution in [1.29, 1.82) is 0 Å². The van der Waals surface area contributed by atoms with Crippen LogP contribution in [0.2, 0.25) is 0 Å². The molecule has 1 aliphatic heterocycles. The summed E-state index contributed by atoms with van der Waals surface area (Å²) < 4.78 is 10.9. The normalized spacial score (nSPS) is 22.5. The molecule has 1 aliphatic carbocycles. The van der Waals surface area contributed by atoms with Gasteiger partial charge in [0.15, 0.2) is 6.61 Å². The highest BCUT2D eigenvalue weighted by Gasteiger charge is 2.26. The molecule has 1 N–H and O–H groups in total. The maximum absolute atomic E-state index is 12.5. The van der Waals surface area contributed by atoms with E-state index in [9.17, 15) is 9.59 Å². The number of ether oxygens (including phenoxy) is 2. The minimum Gasteiger partial charge on any atom is -0.452 e. The molecule has 1 fully saturated rings. The Labute approximate surface area is 158 Å². The first-order chi connectivity index (χ1) is 13.0. The summed E-state index contributed by atoms with van der Waals surface area (Å²) >= 11 is 0. The lowest BCUT2D eigenvalue weighted by Gasteiger charge is -2.35. The van der Waals surface area contributed by atoms with E-state index in [4.69, 9.17) is 9.47 Å². The molecule has 2 heterocycles. The number of morpholine rings is 1. The molecule has 6 nitrogen and oxygen atoms in total. The fraction of sp³-hybridized carbons (Fsp3) is 0.524. The molecule has 2 aliphatic rings. The van der Waals surface area contributed by atoms with E-state index in [1.807, 2.05) is 26.0 Å². The molecule has 144 valence electrons. The van der Waals surface area contributed by atoms with E-state index in [2.05, 4.69) is 4.98 Å². The van der Waals surface area contributed by atoms with Crippen LogP contribution in [0.15, 0.2) is 18.2 Å². The lowest BCUT2D eigenvalue weighted by Crippen LogP contribution is -2.49. The summed E-state index contributed by atoms with van der Waals surface area (Å²) in [7, 11) is 0. The van der Waals surface area contributed by atoms with Crippen LogP contribution in [0.4, 0.5) is 0 Å². The van der Waals surface area contributed by atoms with Gasteiger partial charge in [-0.2, -0.15) is 0 Å². The lowest BCUT2D eigenvalue weighted by molar-refractivity contribution is -0.146. The van der Waals surface area contributed by atoms with Crippen molar-refractivity contribution in [3.8, 4) is 0 Å². The molecule has 0 saturated carbocycles. The zero-order valence-corrected chi connectivity index (χ0v) is 15.9. The second-order valence-corrected chi connectivity index (χ2v) is 7.68. The number of carbonyl (C=O) groups is 2. The molecule has 1 saturated heterocycles. The quantitative estimate of drug-likeness (QED) is 0.844. The lowest BCUT2D eigenvalue weighted by atomic mass is 9.95. The average Bonchev–Trinajstić information content (AvgIpc) is 3.03. The molecule has 1 aromatic heterocycles. The number of H-pyrrole nitrogens is 1. The zero-order valence-electron chi connectivity index (χ0n) is 15.9. The Bertz CT molecular complexity index is 862. The van der Waals surface area contributed by atoms with Crippen LogP contribution in [-0.2, 0) is 27.1 Å². The fourth-order valence-electron chi connectivity index (χ4n) is 4.22. The highest BCUT2D eigenvalue weighted by atomic mass is 16.5. The van der Waals surface area contributed by atoms with E-state index in [1.54, 1.807) is 11.0 Å². The Kier molecular flexibility index (Phi) is 4.91. The fourth-order valence-corrected chi connectivity index (χ4v) is 4.22. The van der Waals surface area contributed by atoms with E-state index in [1.165, 1.54) is 24.1 Å². The Balaban J connectivity index is 1.43. The number of amides is 1. The molecular formula is C21H26N2O4. The van der Waals surface area contributed by atoms with Crippen LogP contribution in [0.1, 0.15) is 48.3 Å². The van der Waals surface area contributed by atoms with Crippen molar-refractivity contribution < 1.29 is 19.1 Å². The molecule has 4 rings (SSSR count). The molecule has 2 atom stereocenters. The highest BCUT2D eigenvalue weighted by Crippen LogP contribution is 2.29. The summed E-state index contributed by atoms with van der Waals surface area (Å²) in [5, 5.41) is 1.10. The van der Waals surface area contributed by atoms with Crippen LogP contribution in [-0.4, -0.2) is 53.7 Å². The average molecular weight is 370 g/mol. The van der Waals surface area contributed by atoms with Crippen LogP contribution in [0, 0.1) is 0 Å².